The van der Waals surface area contributed by atoms with Crippen LogP contribution in [0, 0.1) is 5.92 Å². The summed E-state index contributed by atoms with van der Waals surface area (Å²) < 4.78 is 10.9. The highest BCUT2D eigenvalue weighted by Gasteiger charge is 2.28. The number of hydrogen-bond donors (Lipinski definition) is 0. The minimum absolute atomic E-state index is 0.452. The molecule has 3 heteroatoms. The van der Waals surface area contributed by atoms with Crippen molar-refractivity contribution in [1.29, 1.82) is 0 Å². The molecule has 1 rings (SSSR count). The summed E-state index contributed by atoms with van der Waals surface area (Å²) in [5, 5.41) is 0. The van der Waals surface area contributed by atoms with Crippen molar-refractivity contribution in [3.8, 4) is 0 Å². The molecule has 0 aromatic heterocycles. The SMILES string of the molecule is CCCCCCCCCCCCCCCCOC(=[O+][S-])C1CCCCC1. The first kappa shape index (κ1) is 23.7. The van der Waals surface area contributed by atoms with E-state index in [2.05, 4.69) is 6.92 Å². The molecule has 0 unspecified atom stereocenters. The maximum Gasteiger partial charge on any atom is 0.471 e. The normalized spacial score (nSPS) is 16.1. The van der Waals surface area contributed by atoms with E-state index in [4.69, 9.17) is 21.5 Å². The van der Waals surface area contributed by atoms with Crippen molar-refractivity contribution in [2.45, 2.75) is 129 Å². The number of rotatable bonds is 16. The monoisotopic (exact) mass is 384 g/mol. The van der Waals surface area contributed by atoms with Crippen LogP contribution in [0.5, 0.6) is 0 Å². The maximum atomic E-state index is 5.83. The number of hydrogen-bond acceptors (Lipinski definition) is 2. The lowest BCUT2D eigenvalue weighted by molar-refractivity contribution is -0.266. The van der Waals surface area contributed by atoms with Crippen molar-refractivity contribution >= 4 is 18.9 Å². The van der Waals surface area contributed by atoms with Crippen LogP contribution in [0.4, 0.5) is 0 Å². The van der Waals surface area contributed by atoms with Gasteiger partial charge >= 0.3 is 5.97 Å². The molecule has 0 amide bonds. The quantitative estimate of drug-likeness (QED) is 0.118. The summed E-state index contributed by atoms with van der Waals surface area (Å²) in [4.78, 5) is 0. The van der Waals surface area contributed by atoms with Crippen LogP contribution < -0.4 is 0 Å². The predicted octanol–water partition coefficient (Wildman–Crippen LogP) is 7.59. The van der Waals surface area contributed by atoms with Crippen LogP contribution in [0.25, 0.3) is 0 Å². The molecule has 1 fully saturated rings. The molecule has 0 N–H and O–H groups in total. The van der Waals surface area contributed by atoms with Gasteiger partial charge in [0.15, 0.2) is 6.61 Å². The van der Waals surface area contributed by atoms with E-state index in [9.17, 15) is 0 Å². The van der Waals surface area contributed by atoms with E-state index in [0.717, 1.165) is 19.0 Å². The Bertz CT molecular complexity index is 324. The number of carbonyl (C=O) groups excluding carboxylic acids is 1. The van der Waals surface area contributed by atoms with E-state index in [1.165, 1.54) is 116 Å². The third-order valence-corrected chi connectivity index (χ3v) is 5.93. The van der Waals surface area contributed by atoms with Gasteiger partial charge in [0.2, 0.25) is 0 Å². The molecule has 1 aliphatic carbocycles. The molecule has 2 nitrogen and oxygen atoms in total. The van der Waals surface area contributed by atoms with Crippen molar-refractivity contribution in [2.24, 2.45) is 5.92 Å². The van der Waals surface area contributed by atoms with Crippen LogP contribution in [0.3, 0.4) is 0 Å². The van der Waals surface area contributed by atoms with Crippen molar-refractivity contribution in [1.82, 2.24) is 0 Å². The third kappa shape index (κ3) is 12.9. The number of esters is 1. The van der Waals surface area contributed by atoms with Crippen LogP contribution >= 0.6 is 0 Å². The van der Waals surface area contributed by atoms with E-state index in [1.807, 2.05) is 0 Å². The highest BCUT2D eigenvalue weighted by atomic mass is 32.1. The van der Waals surface area contributed by atoms with E-state index in [1.54, 1.807) is 0 Å². The van der Waals surface area contributed by atoms with Crippen molar-refractivity contribution in [2.75, 3.05) is 6.61 Å². The second-order valence-corrected chi connectivity index (χ2v) is 8.35. The van der Waals surface area contributed by atoms with Gasteiger partial charge in [0.05, 0.1) is 0 Å². The van der Waals surface area contributed by atoms with Crippen molar-refractivity contribution in [3.63, 3.8) is 0 Å². The van der Waals surface area contributed by atoms with Gasteiger partial charge in [-0.3, -0.25) is 0 Å². The molecule has 0 heterocycles. The summed E-state index contributed by atoms with van der Waals surface area (Å²) >= 11 is 4.80. The maximum absolute atomic E-state index is 5.83. The molecule has 0 atom stereocenters. The zero-order valence-corrected chi connectivity index (χ0v) is 18.3. The molecule has 0 aliphatic heterocycles. The van der Waals surface area contributed by atoms with Gasteiger partial charge in [-0.2, -0.15) is 0 Å². The Labute approximate surface area is 169 Å². The van der Waals surface area contributed by atoms with E-state index in [-0.39, 0.29) is 0 Å². The molecule has 0 bridgehead atoms. The van der Waals surface area contributed by atoms with Crippen molar-refractivity contribution in [3.05, 3.63) is 0 Å². The van der Waals surface area contributed by atoms with Gasteiger partial charge < -0.3 is 21.5 Å². The average molecular weight is 385 g/mol. The topological polar surface area (TPSA) is 20.5 Å². The highest BCUT2D eigenvalue weighted by molar-refractivity contribution is 7.50. The molecule has 0 aromatic rings. The molecular weight excluding hydrogens is 340 g/mol. The Morgan fingerprint density at radius 3 is 1.65 bits per heavy atom. The van der Waals surface area contributed by atoms with Crippen LogP contribution in [-0.4, -0.2) is 12.6 Å². The Hall–Kier alpha value is -0.310. The summed E-state index contributed by atoms with van der Waals surface area (Å²) in [5.74, 6) is 1.18. The minimum Gasteiger partial charge on any atom is -0.434 e. The van der Waals surface area contributed by atoms with E-state index >= 15 is 0 Å². The first-order chi connectivity index (χ1) is 12.9. The number of unbranched alkanes of at least 4 members (excludes halogenated alkanes) is 13. The summed E-state index contributed by atoms with van der Waals surface area (Å²) in [6.07, 6.45) is 25.7. The fourth-order valence-electron chi connectivity index (χ4n) is 4.02. The second-order valence-electron chi connectivity index (χ2n) is 8.18. The van der Waals surface area contributed by atoms with Gasteiger partial charge in [-0.25, -0.2) is 0 Å². The fourth-order valence-corrected chi connectivity index (χ4v) is 4.20. The lowest BCUT2D eigenvalue weighted by atomic mass is 9.89. The molecular formula is C23H44O2S. The summed E-state index contributed by atoms with van der Waals surface area (Å²) in [6, 6.07) is 0. The molecule has 0 spiro atoms. The van der Waals surface area contributed by atoms with E-state index in [0.29, 0.717) is 5.92 Å². The smallest absolute Gasteiger partial charge is 0.434 e. The van der Waals surface area contributed by atoms with Crippen LogP contribution in [0.1, 0.15) is 129 Å². The van der Waals surface area contributed by atoms with Gasteiger partial charge in [-0.05, 0) is 19.3 Å². The first-order valence-electron chi connectivity index (χ1n) is 11.7. The lowest BCUT2D eigenvalue weighted by Crippen LogP contribution is -2.22. The third-order valence-electron chi connectivity index (χ3n) is 5.76. The zero-order valence-electron chi connectivity index (χ0n) is 17.4. The number of ether oxygens (including phenoxy) is 1. The first-order valence-corrected chi connectivity index (χ1v) is 12.0. The summed E-state index contributed by atoms with van der Waals surface area (Å²) in [7, 11) is 0. The summed E-state index contributed by atoms with van der Waals surface area (Å²) in [5.41, 5.74) is 0. The van der Waals surface area contributed by atoms with Gasteiger partial charge in [-0.1, -0.05) is 103 Å². The Morgan fingerprint density at radius 2 is 1.19 bits per heavy atom. The fraction of sp³-hybridized carbons (Fsp3) is 0.957. The van der Waals surface area contributed by atoms with Gasteiger partial charge in [0.25, 0.3) is 0 Å². The average Bonchev–Trinajstić information content (AvgIpc) is 2.68. The second kappa shape index (κ2) is 18.1. The van der Waals surface area contributed by atoms with E-state index < -0.39 is 0 Å². The van der Waals surface area contributed by atoms with Crippen LogP contribution in [0.15, 0.2) is 0 Å². The standard InChI is InChI=1S/C23H44O2S/c1-2-3-4-5-6-7-8-9-10-11-12-13-14-18-21-24-23(25-26)22-19-16-15-17-20-22/h22H,2-21H2,1H3. The molecule has 154 valence electrons. The van der Waals surface area contributed by atoms with Crippen LogP contribution in [-0.2, 0) is 21.5 Å². The lowest BCUT2D eigenvalue weighted by Gasteiger charge is -2.17. The Morgan fingerprint density at radius 1 is 0.731 bits per heavy atom. The largest absolute Gasteiger partial charge is 0.471 e. The Kier molecular flexibility index (Phi) is 16.5. The molecule has 0 saturated heterocycles. The zero-order chi connectivity index (χ0) is 18.7. The molecule has 26 heavy (non-hydrogen) atoms. The predicted molar refractivity (Wildman–Crippen MR) is 115 cm³/mol. The van der Waals surface area contributed by atoms with Gasteiger partial charge in [-0.15, -0.1) is 0 Å². The van der Waals surface area contributed by atoms with Crippen molar-refractivity contribution < 1.29 is 8.61 Å². The van der Waals surface area contributed by atoms with Gasteiger partial charge in [0.1, 0.15) is 5.92 Å². The van der Waals surface area contributed by atoms with Crippen LogP contribution in [0.2, 0.25) is 0 Å². The highest BCUT2D eigenvalue weighted by Crippen LogP contribution is 2.25. The molecule has 1 saturated carbocycles. The van der Waals surface area contributed by atoms with Gasteiger partial charge in [0, 0.05) is 6.42 Å². The minimum atomic E-state index is 0.452. The molecule has 0 radical (unpaired) electrons. The Balaban J connectivity index is 1.80. The molecule has 0 aromatic carbocycles. The molecule has 1 aliphatic rings. The summed E-state index contributed by atoms with van der Waals surface area (Å²) in [6.45, 7) is 3.07.